The first-order chi connectivity index (χ1) is 5.79. The van der Waals surface area contributed by atoms with Gasteiger partial charge in [0, 0.05) is 6.42 Å². The van der Waals surface area contributed by atoms with Crippen LogP contribution in [0.3, 0.4) is 0 Å². The van der Waals surface area contributed by atoms with E-state index in [0.717, 1.165) is 0 Å². The summed E-state index contributed by atoms with van der Waals surface area (Å²) >= 11 is 0. The SMILES string of the molecule is [B]NC(=O)C[C@H](C(=O)O)C(C)(C)C. The van der Waals surface area contributed by atoms with Gasteiger partial charge in [0.15, 0.2) is 0 Å². The minimum absolute atomic E-state index is 0.0880. The highest BCUT2D eigenvalue weighted by atomic mass is 16.4. The van der Waals surface area contributed by atoms with Crippen molar-refractivity contribution in [1.82, 2.24) is 5.23 Å². The topological polar surface area (TPSA) is 66.4 Å². The van der Waals surface area contributed by atoms with E-state index in [9.17, 15) is 9.59 Å². The summed E-state index contributed by atoms with van der Waals surface area (Å²) in [5.74, 6) is -2.14. The van der Waals surface area contributed by atoms with Crippen LogP contribution in [0.5, 0.6) is 0 Å². The van der Waals surface area contributed by atoms with Gasteiger partial charge in [-0.1, -0.05) is 20.8 Å². The zero-order valence-electron chi connectivity index (χ0n) is 8.13. The van der Waals surface area contributed by atoms with Gasteiger partial charge >= 0.3 is 5.97 Å². The summed E-state index contributed by atoms with van der Waals surface area (Å²) in [6.07, 6.45) is -0.0880. The van der Waals surface area contributed by atoms with Gasteiger partial charge in [0.25, 0.3) is 0 Å². The molecule has 0 aromatic heterocycles. The number of carbonyl (C=O) groups is 2. The summed E-state index contributed by atoms with van der Waals surface area (Å²) in [7, 11) is 4.87. The molecule has 0 saturated heterocycles. The summed E-state index contributed by atoms with van der Waals surface area (Å²) in [6.45, 7) is 5.32. The second-order valence-corrected chi connectivity index (χ2v) is 4.03. The molecule has 72 valence electrons. The normalized spacial score (nSPS) is 13.5. The largest absolute Gasteiger partial charge is 0.481 e. The Morgan fingerprint density at radius 3 is 2.15 bits per heavy atom. The Balaban J connectivity index is 4.46. The molecule has 2 N–H and O–H groups in total. The first-order valence-corrected chi connectivity index (χ1v) is 4.01. The highest BCUT2D eigenvalue weighted by molar-refractivity contribution is 6.14. The van der Waals surface area contributed by atoms with Gasteiger partial charge in [-0.3, -0.25) is 9.59 Å². The smallest absolute Gasteiger partial charge is 0.307 e. The van der Waals surface area contributed by atoms with Gasteiger partial charge < -0.3 is 10.3 Å². The van der Waals surface area contributed by atoms with Gasteiger partial charge in [-0.05, 0) is 5.41 Å². The molecule has 0 saturated carbocycles. The van der Waals surface area contributed by atoms with E-state index in [1.807, 2.05) is 5.23 Å². The third kappa shape index (κ3) is 3.96. The molecule has 0 spiro atoms. The van der Waals surface area contributed by atoms with E-state index >= 15 is 0 Å². The standard InChI is InChI=1S/C8H14BNO3/c1-8(2,3)5(7(12)13)4-6(11)10-9/h5H,4H2,1-3H3,(H,10,11)(H,12,13)/t5-/m1/s1. The van der Waals surface area contributed by atoms with E-state index < -0.39 is 23.2 Å². The Hall–Kier alpha value is -0.995. The zero-order valence-corrected chi connectivity index (χ0v) is 8.13. The highest BCUT2D eigenvalue weighted by Gasteiger charge is 2.32. The van der Waals surface area contributed by atoms with Gasteiger partial charge in [-0.2, -0.15) is 0 Å². The quantitative estimate of drug-likeness (QED) is 0.619. The Bertz CT molecular complexity index is 210. The molecule has 1 atom stereocenters. The molecule has 4 nitrogen and oxygen atoms in total. The maximum atomic E-state index is 10.9. The van der Waals surface area contributed by atoms with Crippen molar-refractivity contribution in [1.29, 1.82) is 0 Å². The van der Waals surface area contributed by atoms with E-state index in [4.69, 9.17) is 13.1 Å². The molecular weight excluding hydrogens is 169 g/mol. The van der Waals surface area contributed by atoms with E-state index in [1.165, 1.54) is 0 Å². The number of hydrogen-bond acceptors (Lipinski definition) is 2. The molecule has 0 bridgehead atoms. The maximum absolute atomic E-state index is 10.9. The highest BCUT2D eigenvalue weighted by Crippen LogP contribution is 2.28. The predicted octanol–water partition coefficient (Wildman–Crippen LogP) is 0.323. The van der Waals surface area contributed by atoms with Crippen molar-refractivity contribution in [2.75, 3.05) is 0 Å². The number of hydrogen-bond donors (Lipinski definition) is 2. The molecule has 5 heteroatoms. The fourth-order valence-corrected chi connectivity index (χ4v) is 1.01. The Kier molecular flexibility index (Phi) is 3.97. The fourth-order valence-electron chi connectivity index (χ4n) is 1.01. The summed E-state index contributed by atoms with van der Waals surface area (Å²) in [5, 5.41) is 10.8. The number of carboxylic acids is 1. The van der Waals surface area contributed by atoms with E-state index in [0.29, 0.717) is 0 Å². The van der Waals surface area contributed by atoms with Crippen LogP contribution in [0.4, 0.5) is 0 Å². The molecule has 0 fully saturated rings. The van der Waals surface area contributed by atoms with Crippen molar-refractivity contribution in [3.63, 3.8) is 0 Å². The lowest BCUT2D eigenvalue weighted by atomic mass is 9.78. The number of nitrogens with one attached hydrogen (secondary N) is 1. The molecular formula is C8H14BNO3. The Morgan fingerprint density at radius 2 is 1.92 bits per heavy atom. The van der Waals surface area contributed by atoms with Crippen LogP contribution in [0.15, 0.2) is 0 Å². The monoisotopic (exact) mass is 183 g/mol. The third-order valence-corrected chi connectivity index (χ3v) is 1.89. The van der Waals surface area contributed by atoms with Gasteiger partial charge in [0.1, 0.15) is 0 Å². The van der Waals surface area contributed by atoms with E-state index in [-0.39, 0.29) is 6.42 Å². The van der Waals surface area contributed by atoms with Gasteiger partial charge in [0.2, 0.25) is 13.9 Å². The third-order valence-electron chi connectivity index (χ3n) is 1.89. The van der Waals surface area contributed by atoms with Crippen LogP contribution >= 0.6 is 0 Å². The van der Waals surface area contributed by atoms with Crippen LogP contribution in [0, 0.1) is 11.3 Å². The molecule has 0 unspecified atom stereocenters. The average Bonchev–Trinajstić information content (AvgIpc) is 1.96. The van der Waals surface area contributed by atoms with Crippen LogP contribution in [-0.4, -0.2) is 25.0 Å². The van der Waals surface area contributed by atoms with Crippen LogP contribution in [-0.2, 0) is 9.59 Å². The van der Waals surface area contributed by atoms with Gasteiger partial charge in [-0.15, -0.1) is 0 Å². The summed E-state index contributed by atoms with van der Waals surface area (Å²) in [4.78, 5) is 21.7. The summed E-state index contributed by atoms with van der Waals surface area (Å²) < 4.78 is 0. The maximum Gasteiger partial charge on any atom is 0.307 e. The molecule has 0 aromatic carbocycles. The summed E-state index contributed by atoms with van der Waals surface area (Å²) in [5.41, 5.74) is -0.446. The van der Waals surface area contributed by atoms with Crippen molar-refractivity contribution in [2.45, 2.75) is 27.2 Å². The minimum atomic E-state index is -0.976. The number of aliphatic carboxylic acids is 1. The fraction of sp³-hybridized carbons (Fsp3) is 0.750. The second-order valence-electron chi connectivity index (χ2n) is 4.03. The first kappa shape index (κ1) is 12.0. The number of carboxylic acid groups (broad SMARTS) is 1. The zero-order chi connectivity index (χ0) is 10.6. The van der Waals surface area contributed by atoms with Crippen molar-refractivity contribution < 1.29 is 14.7 Å². The van der Waals surface area contributed by atoms with Gasteiger partial charge in [0.05, 0.1) is 5.92 Å². The molecule has 0 heterocycles. The Morgan fingerprint density at radius 1 is 1.46 bits per heavy atom. The lowest BCUT2D eigenvalue weighted by molar-refractivity contribution is -0.147. The van der Waals surface area contributed by atoms with Crippen LogP contribution < -0.4 is 5.23 Å². The number of carbonyl (C=O) groups excluding carboxylic acids is 1. The number of amides is 1. The second kappa shape index (κ2) is 4.30. The molecule has 13 heavy (non-hydrogen) atoms. The minimum Gasteiger partial charge on any atom is -0.481 e. The molecule has 2 radical (unpaired) electrons. The predicted molar refractivity (Wildman–Crippen MR) is 49.1 cm³/mol. The molecule has 0 rings (SSSR count). The van der Waals surface area contributed by atoms with Crippen LogP contribution in [0.1, 0.15) is 27.2 Å². The average molecular weight is 183 g/mol. The first-order valence-electron chi connectivity index (χ1n) is 4.01. The van der Waals surface area contributed by atoms with E-state index in [1.54, 1.807) is 20.8 Å². The van der Waals surface area contributed by atoms with Crippen LogP contribution in [0.25, 0.3) is 0 Å². The Labute approximate surface area is 79.1 Å². The van der Waals surface area contributed by atoms with Crippen molar-refractivity contribution in [2.24, 2.45) is 11.3 Å². The van der Waals surface area contributed by atoms with Crippen LogP contribution in [0.2, 0.25) is 0 Å². The lowest BCUT2D eigenvalue weighted by Gasteiger charge is -2.26. The van der Waals surface area contributed by atoms with Gasteiger partial charge in [-0.25, -0.2) is 0 Å². The molecule has 0 aromatic rings. The lowest BCUT2D eigenvalue weighted by Crippen LogP contribution is -2.34. The van der Waals surface area contributed by atoms with Crippen molar-refractivity contribution >= 4 is 19.9 Å². The number of rotatable bonds is 3. The molecule has 0 aliphatic carbocycles. The van der Waals surface area contributed by atoms with Crippen molar-refractivity contribution in [3.8, 4) is 0 Å². The molecule has 0 aliphatic heterocycles. The molecule has 1 amide bonds. The van der Waals surface area contributed by atoms with Crippen molar-refractivity contribution in [3.05, 3.63) is 0 Å². The molecule has 0 aliphatic rings. The summed E-state index contributed by atoms with van der Waals surface area (Å²) in [6, 6.07) is 0. The van der Waals surface area contributed by atoms with E-state index in [2.05, 4.69) is 0 Å².